The minimum absolute atomic E-state index is 0.00577. The summed E-state index contributed by atoms with van der Waals surface area (Å²) in [6.07, 6.45) is 0. The molecule has 6 nitrogen and oxygen atoms in total. The smallest absolute Gasteiger partial charge is 0.342 e. The summed E-state index contributed by atoms with van der Waals surface area (Å²) in [4.78, 5) is 22.6. The average Bonchev–Trinajstić information content (AvgIpc) is 2.75. The lowest BCUT2D eigenvalue weighted by Crippen LogP contribution is -2.20. The van der Waals surface area contributed by atoms with E-state index in [0.717, 1.165) is 12.1 Å². The van der Waals surface area contributed by atoms with Crippen LogP contribution < -0.4 is 9.50 Å². The van der Waals surface area contributed by atoms with Crippen LogP contribution in [0.2, 0.25) is 0 Å². The molecular formula is C14H8FNO5S. The minimum atomic E-state index is -4.47. The number of halogens is 1. The van der Waals surface area contributed by atoms with Gasteiger partial charge in [0.1, 0.15) is 10.7 Å². The van der Waals surface area contributed by atoms with Gasteiger partial charge >= 0.3 is 10.1 Å². The zero-order valence-corrected chi connectivity index (χ0v) is 11.7. The molecule has 1 N–H and O–H groups in total. The molecule has 1 aliphatic rings. The van der Waals surface area contributed by atoms with Gasteiger partial charge in [0.2, 0.25) is 0 Å². The second kappa shape index (κ2) is 4.92. The van der Waals surface area contributed by atoms with Gasteiger partial charge in [-0.25, -0.2) is 4.39 Å². The highest BCUT2D eigenvalue weighted by atomic mass is 32.2. The number of nitrogens with one attached hydrogen (secondary N) is 1. The monoisotopic (exact) mass is 321 g/mol. The van der Waals surface area contributed by atoms with Crippen molar-refractivity contribution in [2.24, 2.45) is 0 Å². The molecule has 0 unspecified atom stereocenters. The van der Waals surface area contributed by atoms with E-state index >= 15 is 0 Å². The highest BCUT2D eigenvalue weighted by molar-refractivity contribution is 7.87. The molecule has 0 fully saturated rings. The number of imide groups is 1. The summed E-state index contributed by atoms with van der Waals surface area (Å²) in [5, 5.41) is 2.03. The second-order valence-corrected chi connectivity index (χ2v) is 5.94. The Balaban J connectivity index is 2.07. The van der Waals surface area contributed by atoms with Crippen molar-refractivity contribution in [1.82, 2.24) is 5.32 Å². The van der Waals surface area contributed by atoms with Crippen molar-refractivity contribution in [3.63, 3.8) is 0 Å². The van der Waals surface area contributed by atoms with Gasteiger partial charge in [-0.15, -0.1) is 0 Å². The number of fused-ring (bicyclic) bond motifs is 1. The van der Waals surface area contributed by atoms with Crippen LogP contribution in [0.4, 0.5) is 4.39 Å². The van der Waals surface area contributed by atoms with Crippen LogP contribution >= 0.6 is 0 Å². The summed E-state index contributed by atoms with van der Waals surface area (Å²) in [6.45, 7) is 0. The lowest BCUT2D eigenvalue weighted by Gasteiger charge is -2.09. The molecule has 1 heterocycles. The van der Waals surface area contributed by atoms with Gasteiger partial charge < -0.3 is 4.18 Å². The summed E-state index contributed by atoms with van der Waals surface area (Å²) in [5.41, 5.74) is -0.182. The summed E-state index contributed by atoms with van der Waals surface area (Å²) in [5.74, 6) is -2.72. The lowest BCUT2D eigenvalue weighted by molar-refractivity contribution is 0.0879. The van der Waals surface area contributed by atoms with Crippen LogP contribution in [0.5, 0.6) is 5.75 Å². The van der Waals surface area contributed by atoms with E-state index < -0.39 is 32.6 Å². The molecule has 3 rings (SSSR count). The fraction of sp³-hybridized carbons (Fsp3) is 0. The van der Waals surface area contributed by atoms with Gasteiger partial charge in [-0.1, -0.05) is 18.2 Å². The molecule has 2 aromatic rings. The van der Waals surface area contributed by atoms with Gasteiger partial charge in [-0.2, -0.15) is 8.42 Å². The fourth-order valence-electron chi connectivity index (χ4n) is 2.07. The van der Waals surface area contributed by atoms with Crippen molar-refractivity contribution in [3.8, 4) is 5.75 Å². The van der Waals surface area contributed by atoms with Crippen LogP contribution in [0.3, 0.4) is 0 Å². The Labute approximate surface area is 124 Å². The first-order valence-corrected chi connectivity index (χ1v) is 7.49. The van der Waals surface area contributed by atoms with E-state index in [1.165, 1.54) is 30.3 Å². The standard InChI is InChI=1S/C14H8FNO5S/c15-9-5-1-2-7-11(9)22(19,20)21-10-6-3-4-8-12(10)14(18)16-13(8)17/h1-7H,(H,16,17,18). The molecule has 1 aliphatic heterocycles. The van der Waals surface area contributed by atoms with E-state index in [0.29, 0.717) is 0 Å². The highest BCUT2D eigenvalue weighted by Crippen LogP contribution is 2.29. The maximum atomic E-state index is 13.6. The Morgan fingerprint density at radius 3 is 2.41 bits per heavy atom. The van der Waals surface area contributed by atoms with Crippen molar-refractivity contribution >= 4 is 21.9 Å². The molecule has 0 atom stereocenters. The maximum absolute atomic E-state index is 13.6. The van der Waals surface area contributed by atoms with Crippen LogP contribution in [0.15, 0.2) is 47.4 Å². The Morgan fingerprint density at radius 1 is 0.955 bits per heavy atom. The number of benzene rings is 2. The minimum Gasteiger partial charge on any atom is -0.378 e. The van der Waals surface area contributed by atoms with Gasteiger partial charge in [0, 0.05) is 0 Å². The summed E-state index contributed by atoms with van der Waals surface area (Å²) >= 11 is 0. The number of amides is 2. The summed E-state index contributed by atoms with van der Waals surface area (Å²) in [7, 11) is -4.47. The van der Waals surface area contributed by atoms with Gasteiger partial charge in [0.15, 0.2) is 5.75 Å². The quantitative estimate of drug-likeness (QED) is 0.683. The Kier molecular flexibility index (Phi) is 3.18. The first kappa shape index (κ1) is 14.2. The number of hydrogen-bond acceptors (Lipinski definition) is 5. The summed E-state index contributed by atoms with van der Waals surface area (Å²) < 4.78 is 42.7. The average molecular weight is 321 g/mol. The Hall–Kier alpha value is -2.74. The third-order valence-electron chi connectivity index (χ3n) is 3.03. The van der Waals surface area contributed by atoms with E-state index in [1.54, 1.807) is 0 Å². The maximum Gasteiger partial charge on any atom is 0.342 e. The number of rotatable bonds is 3. The van der Waals surface area contributed by atoms with Gasteiger partial charge in [-0.3, -0.25) is 14.9 Å². The molecule has 2 aromatic carbocycles. The van der Waals surface area contributed by atoms with Crippen molar-refractivity contribution in [2.75, 3.05) is 0 Å². The third-order valence-corrected chi connectivity index (χ3v) is 4.30. The molecule has 0 spiro atoms. The van der Waals surface area contributed by atoms with Crippen LogP contribution in [-0.2, 0) is 10.1 Å². The highest BCUT2D eigenvalue weighted by Gasteiger charge is 2.32. The van der Waals surface area contributed by atoms with E-state index in [2.05, 4.69) is 0 Å². The SMILES string of the molecule is O=C1NC(=O)c2c(OS(=O)(=O)c3ccccc3F)cccc21. The number of carbonyl (C=O) groups excluding carboxylic acids is 2. The normalized spacial score (nSPS) is 13.7. The third kappa shape index (κ3) is 2.23. The summed E-state index contributed by atoms with van der Waals surface area (Å²) in [6, 6.07) is 8.63. The van der Waals surface area contributed by atoms with E-state index in [4.69, 9.17) is 4.18 Å². The van der Waals surface area contributed by atoms with Crippen LogP contribution in [0.25, 0.3) is 0 Å². The van der Waals surface area contributed by atoms with Gasteiger partial charge in [-0.05, 0) is 24.3 Å². The zero-order chi connectivity index (χ0) is 15.9. The molecule has 8 heteroatoms. The van der Waals surface area contributed by atoms with E-state index in [1.807, 2.05) is 5.32 Å². The van der Waals surface area contributed by atoms with Crippen molar-refractivity contribution in [2.45, 2.75) is 4.90 Å². The van der Waals surface area contributed by atoms with Crippen LogP contribution in [0, 0.1) is 5.82 Å². The molecular weight excluding hydrogens is 313 g/mol. The molecule has 112 valence electrons. The number of hydrogen-bond donors (Lipinski definition) is 1. The molecule has 0 saturated carbocycles. The molecule has 2 amide bonds. The fourth-order valence-corrected chi connectivity index (χ4v) is 3.08. The largest absolute Gasteiger partial charge is 0.378 e. The molecule has 0 aromatic heterocycles. The zero-order valence-electron chi connectivity index (χ0n) is 10.9. The topological polar surface area (TPSA) is 89.5 Å². The van der Waals surface area contributed by atoms with Gasteiger partial charge in [0.25, 0.3) is 11.8 Å². The molecule has 22 heavy (non-hydrogen) atoms. The Morgan fingerprint density at radius 2 is 1.68 bits per heavy atom. The van der Waals surface area contributed by atoms with Crippen molar-refractivity contribution in [1.29, 1.82) is 0 Å². The second-order valence-electron chi connectivity index (χ2n) is 4.43. The van der Waals surface area contributed by atoms with Crippen LogP contribution in [0.1, 0.15) is 20.7 Å². The first-order valence-electron chi connectivity index (χ1n) is 6.08. The van der Waals surface area contributed by atoms with E-state index in [-0.39, 0.29) is 16.9 Å². The predicted molar refractivity (Wildman–Crippen MR) is 72.5 cm³/mol. The molecule has 0 bridgehead atoms. The molecule has 0 saturated heterocycles. The van der Waals surface area contributed by atoms with Gasteiger partial charge in [0.05, 0.1) is 11.1 Å². The number of carbonyl (C=O) groups is 2. The lowest BCUT2D eigenvalue weighted by atomic mass is 10.1. The predicted octanol–water partition coefficient (Wildman–Crippen LogP) is 1.48. The Bertz CT molecular complexity index is 907. The van der Waals surface area contributed by atoms with E-state index in [9.17, 15) is 22.4 Å². The van der Waals surface area contributed by atoms with Crippen molar-refractivity contribution in [3.05, 3.63) is 59.4 Å². The van der Waals surface area contributed by atoms with Crippen molar-refractivity contribution < 1.29 is 26.6 Å². The van der Waals surface area contributed by atoms with Crippen LogP contribution in [-0.4, -0.2) is 20.2 Å². The molecule has 0 radical (unpaired) electrons. The first-order chi connectivity index (χ1) is 10.4. The molecule has 0 aliphatic carbocycles.